The molecule has 0 spiro atoms. The lowest BCUT2D eigenvalue weighted by atomic mass is 9.79. The Morgan fingerprint density at radius 3 is 2.01 bits per heavy atom. The van der Waals surface area contributed by atoms with Crippen molar-refractivity contribution in [1.82, 2.24) is 0 Å². The van der Waals surface area contributed by atoms with E-state index in [1.807, 2.05) is 6.92 Å². The van der Waals surface area contributed by atoms with Gasteiger partial charge in [-0.15, -0.1) is 5.73 Å². The third-order valence-electron chi connectivity index (χ3n) is 19.7. The van der Waals surface area contributed by atoms with Gasteiger partial charge in [-0.2, -0.15) is 0 Å². The first-order valence-electron chi connectivity index (χ1n) is 31.5. The number of fused-ring (bicyclic) bond motifs is 3. The zero-order valence-corrected chi connectivity index (χ0v) is 52.6. The summed E-state index contributed by atoms with van der Waals surface area (Å²) in [5.41, 5.74) is 7.75. The SMILES string of the molecule is C=C=C(C)C[C@@H](C)CC[C@@H]1O[C@@H](CC(C(=C)CC2O[C@H]3[C@@H](C)[C@H]4OC(CC(=O)O[C@@H]5[C@@H](C)[C@@H]6O[C@H](CCC)[C@H](C)C[C@@H]6O[C@H]5CC(C)OC)CC[C@@H]4O[C@H]3[C@H]2O[Si](c2ccccc2)(c2ccccc2)C(C)(C)C)c2ccccc2)CC1=C. The fraction of sp³-hybridized carbons (Fsp3) is 0.634. The molecule has 0 saturated carbocycles. The van der Waals surface area contributed by atoms with E-state index < -0.39 is 20.5 Å². The molecule has 0 aliphatic carbocycles. The van der Waals surface area contributed by atoms with Crippen molar-refractivity contribution in [3.63, 3.8) is 0 Å². The fourth-order valence-electron chi connectivity index (χ4n) is 15.1. The summed E-state index contributed by atoms with van der Waals surface area (Å²) in [6.07, 6.45) is 7.11. The maximum Gasteiger partial charge on any atom is 0.308 e. The summed E-state index contributed by atoms with van der Waals surface area (Å²) in [6.45, 7) is 35.7. The lowest BCUT2D eigenvalue weighted by Crippen LogP contribution is -2.69. The van der Waals surface area contributed by atoms with Crippen LogP contribution in [-0.4, -0.2) is 113 Å². The van der Waals surface area contributed by atoms with Crippen LogP contribution in [0.2, 0.25) is 5.04 Å². The highest BCUT2D eigenvalue weighted by atomic mass is 28.4. The molecule has 448 valence electrons. The van der Waals surface area contributed by atoms with Gasteiger partial charge in [-0.1, -0.05) is 178 Å². The monoisotopic (exact) mass is 1140 g/mol. The molecule has 6 heterocycles. The molecule has 10 nitrogen and oxygen atoms in total. The van der Waals surface area contributed by atoms with Crippen molar-refractivity contribution in [3.05, 3.63) is 139 Å². The maximum absolute atomic E-state index is 14.3. The van der Waals surface area contributed by atoms with Gasteiger partial charge in [-0.05, 0) is 122 Å². The Bertz CT molecular complexity index is 2570. The summed E-state index contributed by atoms with van der Waals surface area (Å²) in [5, 5.41) is 2.13. The topological polar surface area (TPSA) is 100 Å². The minimum absolute atomic E-state index is 0.00155. The highest BCUT2D eigenvalue weighted by molar-refractivity contribution is 6.99. The van der Waals surface area contributed by atoms with Crippen LogP contribution in [0, 0.1) is 23.7 Å². The molecular weight excluding hydrogens is 1040 g/mol. The summed E-state index contributed by atoms with van der Waals surface area (Å²) in [4.78, 5) is 14.3. The van der Waals surface area contributed by atoms with Gasteiger partial charge in [0.2, 0.25) is 0 Å². The largest absolute Gasteiger partial charge is 0.459 e. The molecule has 82 heavy (non-hydrogen) atoms. The average molecular weight is 1140 g/mol. The number of rotatable bonds is 23. The Kier molecular flexibility index (Phi) is 21.0. The number of hydrogen-bond acceptors (Lipinski definition) is 10. The molecule has 9 rings (SSSR count). The van der Waals surface area contributed by atoms with Crippen molar-refractivity contribution in [3.8, 4) is 0 Å². The standard InChI is InChI=1S/C71H100O10Si/c1-15-26-58-48(7)40-61-66(77-58)50(9)67(63(76-61)41-49(8)73-14)80-64(72)43-53-34-36-60-65(75-53)51(10)68-70(78-60)69(81-82(71(11,12)13,55-29-22-18-23-30-55)56-31-24-19-25-32-56)62(79-68)39-46(5)57(52-27-20-17-21-28-52)42-54-38-47(6)59(74-54)35-33-45(4)37-44(3)16-2/h17-25,27-32,45,48-51,53-54,57-63,65-70H,2,5-6,15,26,33-43H2,1,3-4,7-14H3/t45-,48+,49?,50-,51-,53?,54+,57?,58+,59-,60-,61-,62?,63-,65+,66-,67+,68-,69-,70+/m0/s1. The van der Waals surface area contributed by atoms with E-state index >= 15 is 0 Å². The third kappa shape index (κ3) is 14.0. The van der Waals surface area contributed by atoms with Crippen LogP contribution in [0.4, 0.5) is 0 Å². The van der Waals surface area contributed by atoms with E-state index in [1.54, 1.807) is 7.11 Å². The number of carbonyl (C=O) groups is 1. The molecule has 0 amide bonds. The molecule has 6 saturated heterocycles. The van der Waals surface area contributed by atoms with Gasteiger partial charge in [0, 0.05) is 31.3 Å². The summed E-state index contributed by atoms with van der Waals surface area (Å²) in [5.74, 6) is 0.517. The highest BCUT2D eigenvalue weighted by Gasteiger charge is 2.61. The van der Waals surface area contributed by atoms with Crippen LogP contribution in [-0.2, 0) is 47.1 Å². The lowest BCUT2D eigenvalue weighted by molar-refractivity contribution is -0.264. The van der Waals surface area contributed by atoms with Gasteiger partial charge < -0.3 is 42.3 Å². The van der Waals surface area contributed by atoms with Crippen molar-refractivity contribution in [1.29, 1.82) is 0 Å². The molecule has 0 radical (unpaired) electrons. The molecule has 0 bridgehead atoms. The van der Waals surface area contributed by atoms with Crippen LogP contribution in [0.3, 0.4) is 0 Å². The third-order valence-corrected chi connectivity index (χ3v) is 24.7. The normalized spacial score (nSPS) is 33.9. The van der Waals surface area contributed by atoms with Gasteiger partial charge in [0.05, 0.1) is 79.7 Å². The Morgan fingerprint density at radius 1 is 0.732 bits per heavy atom. The Hall–Kier alpha value is -3.97. The van der Waals surface area contributed by atoms with Gasteiger partial charge in [0.1, 0.15) is 18.3 Å². The molecule has 6 fully saturated rings. The number of hydrogen-bond donors (Lipinski definition) is 0. The Labute approximate surface area is 494 Å². The molecule has 0 N–H and O–H groups in total. The number of methoxy groups -OCH3 is 1. The van der Waals surface area contributed by atoms with Crippen LogP contribution >= 0.6 is 0 Å². The van der Waals surface area contributed by atoms with Crippen molar-refractivity contribution in [2.24, 2.45) is 23.7 Å². The Morgan fingerprint density at radius 2 is 1.38 bits per heavy atom. The van der Waals surface area contributed by atoms with E-state index in [0.29, 0.717) is 31.1 Å². The minimum atomic E-state index is -3.14. The van der Waals surface area contributed by atoms with Crippen LogP contribution in [0.5, 0.6) is 0 Å². The molecule has 11 heteroatoms. The lowest BCUT2D eigenvalue weighted by Gasteiger charge is -2.51. The van der Waals surface area contributed by atoms with Crippen LogP contribution < -0.4 is 10.4 Å². The second-order valence-corrected chi connectivity index (χ2v) is 31.1. The quantitative estimate of drug-likeness (QED) is 0.0395. The van der Waals surface area contributed by atoms with Gasteiger partial charge in [-0.3, -0.25) is 4.79 Å². The predicted octanol–water partition coefficient (Wildman–Crippen LogP) is 13.7. The van der Waals surface area contributed by atoms with Gasteiger partial charge >= 0.3 is 5.97 Å². The summed E-state index contributed by atoms with van der Waals surface area (Å²) >= 11 is 0. The van der Waals surface area contributed by atoms with Crippen molar-refractivity contribution in [2.75, 3.05) is 7.11 Å². The van der Waals surface area contributed by atoms with Crippen molar-refractivity contribution in [2.45, 2.75) is 255 Å². The van der Waals surface area contributed by atoms with E-state index in [0.717, 1.165) is 63.4 Å². The molecular formula is C71H100O10Si. The van der Waals surface area contributed by atoms with E-state index in [1.165, 1.54) is 27.1 Å². The first-order valence-corrected chi connectivity index (χ1v) is 33.4. The molecule has 6 aliphatic heterocycles. The predicted molar refractivity (Wildman–Crippen MR) is 329 cm³/mol. The zero-order valence-electron chi connectivity index (χ0n) is 51.6. The molecule has 3 aromatic rings. The molecule has 4 unspecified atom stereocenters. The Balaban J connectivity index is 0.962. The van der Waals surface area contributed by atoms with Crippen LogP contribution in [0.15, 0.2) is 133 Å². The van der Waals surface area contributed by atoms with Gasteiger partial charge in [0.25, 0.3) is 8.32 Å². The maximum atomic E-state index is 14.3. The first kappa shape index (κ1) is 62.6. The number of benzene rings is 3. The van der Waals surface area contributed by atoms with E-state index in [4.69, 9.17) is 48.9 Å². The molecule has 6 aliphatic rings. The number of carbonyl (C=O) groups excluding carboxylic acids is 1. The van der Waals surface area contributed by atoms with Crippen molar-refractivity contribution >= 4 is 24.7 Å². The molecule has 0 aromatic heterocycles. The zero-order chi connectivity index (χ0) is 58.5. The minimum Gasteiger partial charge on any atom is -0.459 e. The highest BCUT2D eigenvalue weighted by Crippen LogP contribution is 2.49. The van der Waals surface area contributed by atoms with Crippen LogP contribution in [0.25, 0.3) is 0 Å². The number of esters is 1. The molecule has 20 atom stereocenters. The fourth-order valence-corrected chi connectivity index (χ4v) is 19.8. The van der Waals surface area contributed by atoms with Crippen LogP contribution in [0.1, 0.15) is 164 Å². The van der Waals surface area contributed by atoms with Gasteiger partial charge in [-0.25, -0.2) is 0 Å². The number of ether oxygens (including phenoxy) is 8. The summed E-state index contributed by atoms with van der Waals surface area (Å²) in [7, 11) is -1.41. The second kappa shape index (κ2) is 27.6. The molecule has 3 aromatic carbocycles. The number of allylic oxidation sites excluding steroid dienone is 1. The van der Waals surface area contributed by atoms with E-state index in [9.17, 15) is 4.79 Å². The van der Waals surface area contributed by atoms with E-state index in [2.05, 4.69) is 172 Å². The van der Waals surface area contributed by atoms with E-state index in [-0.39, 0.29) is 115 Å². The average Bonchev–Trinajstić information content (AvgIpc) is 3.84. The second-order valence-electron chi connectivity index (χ2n) is 26.9. The van der Waals surface area contributed by atoms with Gasteiger partial charge in [0.15, 0.2) is 0 Å². The smallest absolute Gasteiger partial charge is 0.308 e. The van der Waals surface area contributed by atoms with Crippen molar-refractivity contribution < 1.29 is 47.1 Å². The summed E-state index contributed by atoms with van der Waals surface area (Å²) in [6, 6.07) is 32.6. The summed E-state index contributed by atoms with van der Waals surface area (Å²) < 4.78 is 63.1. The first-order chi connectivity index (χ1) is 39.3.